The van der Waals surface area contributed by atoms with E-state index in [1.807, 2.05) is 25.5 Å². The molecule has 0 N–H and O–H groups in total. The third-order valence-corrected chi connectivity index (χ3v) is 6.72. The van der Waals surface area contributed by atoms with Crippen LogP contribution < -0.4 is 4.90 Å². The first kappa shape index (κ1) is 25.1. The van der Waals surface area contributed by atoms with Gasteiger partial charge in [0.15, 0.2) is 11.5 Å². The Morgan fingerprint density at radius 3 is 2.49 bits per heavy atom. The third kappa shape index (κ3) is 4.41. The van der Waals surface area contributed by atoms with Crippen LogP contribution in [0.1, 0.15) is 43.1 Å². The molecular weight excluding hydrogens is 507 g/mol. The SMILES string of the molecule is Cc1cnn(C(C)C)c1-c1nn2c(c1Cl)N(Cc1ccc(-c3nc(C(F)(F)F)cn3C)cc1)C(=O)CC2. The number of aromatic nitrogens is 6. The van der Waals surface area contributed by atoms with Crippen LogP contribution in [0.2, 0.25) is 5.02 Å². The minimum absolute atomic E-state index is 0.0852. The number of fused-ring (bicyclic) bond motifs is 1. The van der Waals surface area contributed by atoms with E-state index in [1.54, 1.807) is 40.0 Å². The lowest BCUT2D eigenvalue weighted by Crippen LogP contribution is -2.37. The monoisotopic (exact) mass is 531 g/mol. The Morgan fingerprint density at radius 1 is 1.16 bits per heavy atom. The number of halogens is 4. The summed E-state index contributed by atoms with van der Waals surface area (Å²) in [4.78, 5) is 18.3. The number of anilines is 1. The number of hydrogen-bond donors (Lipinski definition) is 0. The Hall–Kier alpha value is -3.60. The Kier molecular flexibility index (Phi) is 6.13. The molecule has 194 valence electrons. The van der Waals surface area contributed by atoms with Gasteiger partial charge in [-0.05, 0) is 31.9 Å². The first-order valence-corrected chi connectivity index (χ1v) is 12.1. The van der Waals surface area contributed by atoms with Crippen LogP contribution in [-0.2, 0) is 31.1 Å². The van der Waals surface area contributed by atoms with Gasteiger partial charge in [-0.3, -0.25) is 14.4 Å². The summed E-state index contributed by atoms with van der Waals surface area (Å²) in [5, 5.41) is 9.57. The lowest BCUT2D eigenvalue weighted by atomic mass is 10.1. The number of carbonyl (C=O) groups is 1. The number of hydrogen-bond acceptors (Lipinski definition) is 4. The van der Waals surface area contributed by atoms with Crippen LogP contribution in [0, 0.1) is 6.92 Å². The number of imidazole rings is 1. The zero-order chi connectivity index (χ0) is 26.6. The van der Waals surface area contributed by atoms with E-state index < -0.39 is 11.9 Å². The number of carbonyl (C=O) groups excluding carboxylic acids is 1. The zero-order valence-electron chi connectivity index (χ0n) is 20.7. The van der Waals surface area contributed by atoms with Gasteiger partial charge < -0.3 is 4.57 Å². The maximum absolute atomic E-state index is 13.1. The van der Waals surface area contributed by atoms with E-state index in [4.69, 9.17) is 16.7 Å². The van der Waals surface area contributed by atoms with Gasteiger partial charge in [-0.1, -0.05) is 35.9 Å². The largest absolute Gasteiger partial charge is 0.434 e. The summed E-state index contributed by atoms with van der Waals surface area (Å²) >= 11 is 6.85. The average Bonchev–Trinajstić information content (AvgIpc) is 3.51. The van der Waals surface area contributed by atoms with E-state index in [1.165, 1.54) is 11.6 Å². The highest BCUT2D eigenvalue weighted by Crippen LogP contribution is 2.40. The fraction of sp³-hybridized carbons (Fsp3) is 0.360. The van der Waals surface area contributed by atoms with Crippen molar-refractivity contribution in [3.8, 4) is 22.8 Å². The highest BCUT2D eigenvalue weighted by molar-refractivity contribution is 6.36. The van der Waals surface area contributed by atoms with E-state index in [2.05, 4.69) is 10.1 Å². The van der Waals surface area contributed by atoms with Gasteiger partial charge in [0.1, 0.15) is 16.5 Å². The van der Waals surface area contributed by atoms with Crippen molar-refractivity contribution in [3.63, 3.8) is 0 Å². The molecule has 0 radical (unpaired) electrons. The van der Waals surface area contributed by atoms with Crippen molar-refractivity contribution in [1.82, 2.24) is 29.1 Å². The standard InChI is InChI=1S/C25H25ClF3N7O/c1-14(2)36-22(15(3)11-30-36)21-20(26)24-34(19(37)9-10-35(24)32-21)12-16-5-7-17(8-6-16)23-31-18(13-33(23)4)25(27,28)29/h5-8,11,13-14H,9-10,12H2,1-4H3. The fourth-order valence-electron chi connectivity index (χ4n) is 4.56. The van der Waals surface area contributed by atoms with Crippen molar-refractivity contribution in [2.75, 3.05) is 4.90 Å². The van der Waals surface area contributed by atoms with Crippen molar-refractivity contribution in [2.24, 2.45) is 7.05 Å². The zero-order valence-corrected chi connectivity index (χ0v) is 21.5. The van der Waals surface area contributed by atoms with E-state index in [0.29, 0.717) is 28.6 Å². The van der Waals surface area contributed by atoms with Crippen LogP contribution in [0.3, 0.4) is 0 Å². The molecule has 0 saturated heterocycles. The number of rotatable bonds is 5. The number of benzene rings is 1. The molecule has 37 heavy (non-hydrogen) atoms. The second-order valence-corrected chi connectivity index (χ2v) is 9.79. The molecule has 0 fully saturated rings. The predicted octanol–water partition coefficient (Wildman–Crippen LogP) is 5.65. The normalized spacial score (nSPS) is 14.1. The maximum Gasteiger partial charge on any atom is 0.434 e. The molecule has 1 amide bonds. The summed E-state index contributed by atoms with van der Waals surface area (Å²) in [5.74, 6) is 0.639. The molecule has 0 spiro atoms. The minimum Gasteiger partial charge on any atom is -0.333 e. The maximum atomic E-state index is 13.1. The van der Waals surface area contributed by atoms with Gasteiger partial charge in [0, 0.05) is 31.3 Å². The van der Waals surface area contributed by atoms with Gasteiger partial charge >= 0.3 is 6.18 Å². The van der Waals surface area contributed by atoms with Gasteiger partial charge in [-0.2, -0.15) is 23.4 Å². The molecule has 0 saturated carbocycles. The van der Waals surface area contributed by atoms with Crippen LogP contribution in [0.5, 0.6) is 0 Å². The molecule has 0 bridgehead atoms. The van der Waals surface area contributed by atoms with Gasteiger partial charge in [0.05, 0.1) is 25.0 Å². The molecule has 0 atom stereocenters. The number of aryl methyl sites for hydroxylation is 3. The molecule has 12 heteroatoms. The van der Waals surface area contributed by atoms with Crippen molar-refractivity contribution in [3.05, 3.63) is 58.5 Å². The molecule has 0 unspecified atom stereocenters. The van der Waals surface area contributed by atoms with Crippen LogP contribution in [0.4, 0.5) is 19.0 Å². The lowest BCUT2D eigenvalue weighted by Gasteiger charge is -2.28. The number of nitrogens with zero attached hydrogens (tertiary/aromatic N) is 7. The number of amides is 1. The van der Waals surface area contributed by atoms with E-state index >= 15 is 0 Å². The Labute approximate surface area is 216 Å². The van der Waals surface area contributed by atoms with Crippen molar-refractivity contribution in [2.45, 2.75) is 52.5 Å². The van der Waals surface area contributed by atoms with E-state index in [0.717, 1.165) is 23.0 Å². The molecule has 0 aliphatic carbocycles. The highest BCUT2D eigenvalue weighted by Gasteiger charge is 2.35. The van der Waals surface area contributed by atoms with Crippen LogP contribution in [0.25, 0.3) is 22.8 Å². The summed E-state index contributed by atoms with van der Waals surface area (Å²) in [6.07, 6.45) is -1.51. The second kappa shape index (κ2) is 9.05. The summed E-state index contributed by atoms with van der Waals surface area (Å²) < 4.78 is 44.1. The minimum atomic E-state index is -4.52. The van der Waals surface area contributed by atoms with Crippen molar-refractivity contribution in [1.29, 1.82) is 0 Å². The second-order valence-electron chi connectivity index (χ2n) is 9.41. The predicted molar refractivity (Wildman–Crippen MR) is 133 cm³/mol. The summed E-state index contributed by atoms with van der Waals surface area (Å²) in [6, 6.07) is 7.03. The number of alkyl halides is 3. The molecule has 4 heterocycles. The van der Waals surface area contributed by atoms with Crippen molar-refractivity contribution < 1.29 is 18.0 Å². The van der Waals surface area contributed by atoms with Crippen LogP contribution in [0.15, 0.2) is 36.7 Å². The topological polar surface area (TPSA) is 73.8 Å². The molecule has 1 aliphatic heterocycles. The molecule has 5 rings (SSSR count). The molecular formula is C25H25ClF3N7O. The van der Waals surface area contributed by atoms with Gasteiger partial charge in [0.2, 0.25) is 5.91 Å². The first-order valence-electron chi connectivity index (χ1n) is 11.8. The van der Waals surface area contributed by atoms with Gasteiger partial charge in [-0.25, -0.2) is 9.67 Å². The molecule has 1 aromatic carbocycles. The molecule has 1 aliphatic rings. The third-order valence-electron chi connectivity index (χ3n) is 6.38. The van der Waals surface area contributed by atoms with E-state index in [9.17, 15) is 18.0 Å². The van der Waals surface area contributed by atoms with Crippen LogP contribution in [-0.4, -0.2) is 35.0 Å². The van der Waals surface area contributed by atoms with E-state index in [-0.39, 0.29) is 30.7 Å². The Bertz CT molecular complexity index is 1480. The summed E-state index contributed by atoms with van der Waals surface area (Å²) in [6.45, 7) is 6.64. The van der Waals surface area contributed by atoms with Crippen LogP contribution >= 0.6 is 11.6 Å². The Balaban J connectivity index is 1.46. The lowest BCUT2D eigenvalue weighted by molar-refractivity contribution is -0.140. The molecule has 8 nitrogen and oxygen atoms in total. The summed E-state index contributed by atoms with van der Waals surface area (Å²) in [7, 11) is 1.52. The smallest absolute Gasteiger partial charge is 0.333 e. The molecule has 3 aromatic heterocycles. The van der Waals surface area contributed by atoms with Gasteiger partial charge in [-0.15, -0.1) is 0 Å². The fourth-order valence-corrected chi connectivity index (χ4v) is 4.89. The summed E-state index contributed by atoms with van der Waals surface area (Å²) in [5.41, 5.74) is 2.70. The van der Waals surface area contributed by atoms with Gasteiger partial charge in [0.25, 0.3) is 0 Å². The van der Waals surface area contributed by atoms with Crippen molar-refractivity contribution >= 4 is 23.3 Å². The Morgan fingerprint density at radius 2 is 1.86 bits per heavy atom. The first-order chi connectivity index (χ1) is 17.5. The average molecular weight is 532 g/mol. The highest BCUT2D eigenvalue weighted by atomic mass is 35.5. The quantitative estimate of drug-likeness (QED) is 0.334. The molecule has 4 aromatic rings.